The molecule has 0 saturated heterocycles. The van der Waals surface area contributed by atoms with E-state index in [1.165, 1.54) is 31.2 Å². The molecule has 4 atom stereocenters. The molecule has 0 aliphatic heterocycles. The Balaban J connectivity index is 0.000000193. The predicted octanol–water partition coefficient (Wildman–Crippen LogP) is 5.60. The van der Waals surface area contributed by atoms with Crippen LogP contribution in [-0.4, -0.2) is 0 Å². The van der Waals surface area contributed by atoms with Gasteiger partial charge in [-0.2, -0.15) is 5.26 Å². The smallest absolute Gasteiger partial charge is 0.0655 e. The van der Waals surface area contributed by atoms with Gasteiger partial charge in [0, 0.05) is 5.92 Å². The quantitative estimate of drug-likeness (QED) is 0.652. The van der Waals surface area contributed by atoms with E-state index < -0.39 is 0 Å². The molecular formula is C19H29N. The van der Waals surface area contributed by atoms with E-state index in [2.05, 4.69) is 32.0 Å². The Morgan fingerprint density at radius 1 is 1.05 bits per heavy atom. The third kappa shape index (κ3) is 4.67. The van der Waals surface area contributed by atoms with E-state index in [-0.39, 0.29) is 0 Å². The number of benzene rings is 1. The molecule has 3 rings (SSSR count). The lowest BCUT2D eigenvalue weighted by Crippen LogP contribution is -2.18. The number of hydrogen-bond acceptors (Lipinski definition) is 1. The number of fused-ring (bicyclic) bond motifs is 1. The van der Waals surface area contributed by atoms with Crippen LogP contribution in [0.4, 0.5) is 0 Å². The van der Waals surface area contributed by atoms with E-state index in [0.29, 0.717) is 5.92 Å². The van der Waals surface area contributed by atoms with E-state index >= 15 is 0 Å². The van der Waals surface area contributed by atoms with Gasteiger partial charge in [0.2, 0.25) is 0 Å². The molecule has 1 nitrogen and oxygen atoms in total. The van der Waals surface area contributed by atoms with Crippen molar-refractivity contribution >= 4 is 0 Å². The van der Waals surface area contributed by atoms with Crippen molar-refractivity contribution in [1.29, 1.82) is 5.26 Å². The Labute approximate surface area is 125 Å². The summed E-state index contributed by atoms with van der Waals surface area (Å²) in [6.45, 7) is 8.16. The van der Waals surface area contributed by atoms with Crippen molar-refractivity contribution in [2.24, 2.45) is 23.7 Å². The monoisotopic (exact) mass is 271 g/mol. The highest BCUT2D eigenvalue weighted by atomic mass is 14.5. The summed E-state index contributed by atoms with van der Waals surface area (Å²) in [5.41, 5.74) is 1.32. The second kappa shape index (κ2) is 8.80. The molecule has 20 heavy (non-hydrogen) atoms. The Morgan fingerprint density at radius 3 is 1.85 bits per heavy atom. The number of nitriles is 1. The molecule has 0 aromatic heterocycles. The largest absolute Gasteiger partial charge is 0.198 e. The summed E-state index contributed by atoms with van der Waals surface area (Å²) in [4.78, 5) is 0. The lowest BCUT2D eigenvalue weighted by atomic mass is 9.77. The van der Waals surface area contributed by atoms with Crippen molar-refractivity contribution < 1.29 is 0 Å². The van der Waals surface area contributed by atoms with Gasteiger partial charge >= 0.3 is 0 Å². The maximum Gasteiger partial charge on any atom is 0.0655 e. The maximum atomic E-state index is 8.74. The molecule has 0 heterocycles. The first-order chi connectivity index (χ1) is 9.70. The van der Waals surface area contributed by atoms with E-state index in [1.807, 2.05) is 32.0 Å². The van der Waals surface area contributed by atoms with Crippen LogP contribution in [-0.2, 0) is 0 Å². The molecule has 0 radical (unpaired) electrons. The molecule has 3 unspecified atom stereocenters. The summed E-state index contributed by atoms with van der Waals surface area (Å²) >= 11 is 0. The highest BCUT2D eigenvalue weighted by Crippen LogP contribution is 2.51. The molecule has 2 aliphatic rings. The van der Waals surface area contributed by atoms with Crippen molar-refractivity contribution in [3.05, 3.63) is 35.9 Å². The van der Waals surface area contributed by atoms with Gasteiger partial charge in [0.25, 0.3) is 0 Å². The zero-order valence-corrected chi connectivity index (χ0v) is 13.5. The first-order valence-electron chi connectivity index (χ1n) is 8.12. The highest BCUT2D eigenvalue weighted by Gasteiger charge is 2.41. The predicted molar refractivity (Wildman–Crippen MR) is 86.2 cm³/mol. The third-order valence-electron chi connectivity index (χ3n) is 4.64. The van der Waals surface area contributed by atoms with Gasteiger partial charge < -0.3 is 0 Å². The lowest BCUT2D eigenvalue weighted by molar-refractivity contribution is 0.219. The van der Waals surface area contributed by atoms with Crippen molar-refractivity contribution in [3.8, 4) is 6.07 Å². The van der Waals surface area contributed by atoms with Gasteiger partial charge in [-0.1, -0.05) is 49.7 Å². The molecule has 1 aromatic carbocycles. The molecule has 1 heteroatoms. The molecule has 1 aromatic rings. The van der Waals surface area contributed by atoms with Gasteiger partial charge in [-0.3, -0.25) is 0 Å². The van der Waals surface area contributed by atoms with E-state index in [9.17, 15) is 0 Å². The zero-order chi connectivity index (χ0) is 15.0. The topological polar surface area (TPSA) is 23.8 Å². The lowest BCUT2D eigenvalue weighted by Gasteiger charge is -2.29. The summed E-state index contributed by atoms with van der Waals surface area (Å²) in [7, 11) is 0. The molecular weight excluding hydrogens is 242 g/mol. The molecule has 0 bridgehead atoms. The van der Waals surface area contributed by atoms with E-state index in [1.54, 1.807) is 0 Å². The average Bonchev–Trinajstić information content (AvgIpc) is 2.77. The van der Waals surface area contributed by atoms with Gasteiger partial charge in [0.15, 0.2) is 0 Å². The molecule has 0 spiro atoms. The van der Waals surface area contributed by atoms with Crippen LogP contribution in [0.2, 0.25) is 0 Å². The van der Waals surface area contributed by atoms with Crippen LogP contribution < -0.4 is 0 Å². The summed E-state index contributed by atoms with van der Waals surface area (Å²) < 4.78 is 0. The Morgan fingerprint density at radius 2 is 1.55 bits per heavy atom. The SMILES string of the molecule is CC.CC(C#N)C1CC2CC[C@H]2C1.Cc1ccccc1. The Kier molecular flexibility index (Phi) is 7.37. The fourth-order valence-electron chi connectivity index (χ4n) is 3.18. The minimum Gasteiger partial charge on any atom is -0.198 e. The molecule has 110 valence electrons. The fourth-order valence-corrected chi connectivity index (χ4v) is 3.18. The normalized spacial score (nSPS) is 27.4. The van der Waals surface area contributed by atoms with Crippen LogP contribution in [0, 0.1) is 41.9 Å². The summed E-state index contributed by atoms with van der Waals surface area (Å²) in [6, 6.07) is 12.6. The number of nitrogens with zero attached hydrogens (tertiary/aromatic N) is 1. The van der Waals surface area contributed by atoms with Crippen molar-refractivity contribution in [2.75, 3.05) is 0 Å². The van der Waals surface area contributed by atoms with Gasteiger partial charge in [-0.25, -0.2) is 0 Å². The second-order valence-electron chi connectivity index (χ2n) is 5.90. The van der Waals surface area contributed by atoms with Crippen LogP contribution in [0.25, 0.3) is 0 Å². The minimum atomic E-state index is 0.306. The first kappa shape index (κ1) is 16.8. The van der Waals surface area contributed by atoms with Gasteiger partial charge in [-0.15, -0.1) is 0 Å². The Bertz CT molecular complexity index is 392. The average molecular weight is 271 g/mol. The summed E-state index contributed by atoms with van der Waals surface area (Å²) in [5.74, 6) is 3.06. The number of rotatable bonds is 1. The Hall–Kier alpha value is -1.29. The van der Waals surface area contributed by atoms with Crippen molar-refractivity contribution in [2.45, 2.75) is 53.4 Å². The summed E-state index contributed by atoms with van der Waals surface area (Å²) in [6.07, 6.45) is 5.58. The van der Waals surface area contributed by atoms with Crippen LogP contribution in [0.15, 0.2) is 30.3 Å². The van der Waals surface area contributed by atoms with Crippen LogP contribution in [0.3, 0.4) is 0 Å². The minimum absolute atomic E-state index is 0.306. The summed E-state index contributed by atoms with van der Waals surface area (Å²) in [5, 5.41) is 8.74. The molecule has 0 N–H and O–H groups in total. The maximum absolute atomic E-state index is 8.74. The van der Waals surface area contributed by atoms with Crippen molar-refractivity contribution in [3.63, 3.8) is 0 Å². The number of hydrogen-bond donors (Lipinski definition) is 0. The van der Waals surface area contributed by atoms with Crippen LogP contribution in [0.5, 0.6) is 0 Å². The third-order valence-corrected chi connectivity index (χ3v) is 4.64. The van der Waals surface area contributed by atoms with E-state index in [4.69, 9.17) is 5.26 Å². The molecule has 2 fully saturated rings. The van der Waals surface area contributed by atoms with Gasteiger partial charge in [0.1, 0.15) is 0 Å². The second-order valence-corrected chi connectivity index (χ2v) is 5.90. The first-order valence-corrected chi connectivity index (χ1v) is 8.12. The highest BCUT2D eigenvalue weighted by molar-refractivity contribution is 5.11. The van der Waals surface area contributed by atoms with Crippen LogP contribution >= 0.6 is 0 Å². The van der Waals surface area contributed by atoms with Gasteiger partial charge in [0.05, 0.1) is 6.07 Å². The fraction of sp³-hybridized carbons (Fsp3) is 0.632. The molecule has 2 saturated carbocycles. The standard InChI is InChI=1S/C10H15N.C7H8.C2H6/c1-7(6-11)10-4-8-2-3-9(8)5-10;1-7-5-3-2-4-6-7;1-2/h7-10H,2-5H2,1H3;2-6H,1H3;1-2H3/t7?,8-,9?,10?;;/m0../s1. The molecule has 2 aliphatic carbocycles. The zero-order valence-electron chi connectivity index (χ0n) is 13.5. The van der Waals surface area contributed by atoms with E-state index in [0.717, 1.165) is 17.8 Å². The van der Waals surface area contributed by atoms with Gasteiger partial charge in [-0.05, 0) is 57.3 Å². The van der Waals surface area contributed by atoms with Crippen LogP contribution in [0.1, 0.15) is 52.0 Å². The molecule has 0 amide bonds. The van der Waals surface area contributed by atoms with Crippen molar-refractivity contribution in [1.82, 2.24) is 0 Å². The number of aryl methyl sites for hydroxylation is 1.